The quantitative estimate of drug-likeness (QED) is 0.778. The Morgan fingerprint density at radius 2 is 1.76 bits per heavy atom. The molecule has 3 heteroatoms. The Labute approximate surface area is 120 Å². The van der Waals surface area contributed by atoms with Crippen LogP contribution in [-0.2, 0) is 0 Å². The van der Waals surface area contributed by atoms with E-state index in [0.29, 0.717) is 12.1 Å². The van der Waals surface area contributed by atoms with Gasteiger partial charge in [0, 0.05) is 20.5 Å². The minimum absolute atomic E-state index is 0.379. The fraction of sp³-hybridized carbons (Fsp3) is 0.286. The van der Waals surface area contributed by atoms with Crippen molar-refractivity contribution in [2.24, 2.45) is 0 Å². The molecule has 17 heavy (non-hydrogen) atoms. The van der Waals surface area contributed by atoms with Crippen LogP contribution in [0.15, 0.2) is 41.8 Å². The molecule has 1 heterocycles. The first-order valence-corrected chi connectivity index (χ1v) is 7.67. The number of nitrogens with one attached hydrogen (secondary N) is 1. The lowest BCUT2D eigenvalue weighted by Gasteiger charge is -2.19. The summed E-state index contributed by atoms with van der Waals surface area (Å²) in [6, 6.07) is 13.8. The lowest BCUT2D eigenvalue weighted by Crippen LogP contribution is -2.21. The number of thiophene rings is 1. The van der Waals surface area contributed by atoms with Crippen molar-refractivity contribution in [3.05, 3.63) is 55.8 Å². The van der Waals surface area contributed by atoms with Crippen LogP contribution in [0.4, 0.5) is 0 Å². The Hall–Kier alpha value is -0.390. The summed E-state index contributed by atoms with van der Waals surface area (Å²) in [5, 5.41) is 5.75. The van der Waals surface area contributed by atoms with Gasteiger partial charge in [-0.3, -0.25) is 0 Å². The highest BCUT2D eigenvalue weighted by atomic mass is 127. The smallest absolute Gasteiger partial charge is 0.0391 e. The molecule has 2 unspecified atom stereocenters. The van der Waals surface area contributed by atoms with E-state index in [1.165, 1.54) is 14.0 Å². The molecule has 0 saturated heterocycles. The van der Waals surface area contributed by atoms with Gasteiger partial charge < -0.3 is 5.32 Å². The summed E-state index contributed by atoms with van der Waals surface area (Å²) in [6.07, 6.45) is 0. The van der Waals surface area contributed by atoms with E-state index in [4.69, 9.17) is 0 Å². The van der Waals surface area contributed by atoms with Gasteiger partial charge in [-0.15, -0.1) is 11.3 Å². The molecular weight excluding hydrogens is 341 g/mol. The summed E-state index contributed by atoms with van der Waals surface area (Å²) < 4.78 is 1.28. The van der Waals surface area contributed by atoms with E-state index in [-0.39, 0.29) is 0 Å². The summed E-state index contributed by atoms with van der Waals surface area (Å²) in [5.41, 5.74) is 1.34. The van der Waals surface area contributed by atoms with Gasteiger partial charge in [0.05, 0.1) is 0 Å². The third-order valence-corrected chi connectivity index (χ3v) is 4.61. The van der Waals surface area contributed by atoms with Crippen LogP contribution in [0.3, 0.4) is 0 Å². The van der Waals surface area contributed by atoms with E-state index >= 15 is 0 Å². The zero-order chi connectivity index (χ0) is 12.3. The number of benzene rings is 1. The highest BCUT2D eigenvalue weighted by Crippen LogP contribution is 2.22. The molecule has 0 fully saturated rings. The summed E-state index contributed by atoms with van der Waals surface area (Å²) in [7, 11) is 0. The van der Waals surface area contributed by atoms with Crippen molar-refractivity contribution in [2.75, 3.05) is 0 Å². The van der Waals surface area contributed by atoms with E-state index in [1.807, 2.05) is 0 Å². The van der Waals surface area contributed by atoms with Crippen LogP contribution in [0.5, 0.6) is 0 Å². The minimum Gasteiger partial charge on any atom is -0.303 e. The van der Waals surface area contributed by atoms with Crippen LogP contribution in [0.25, 0.3) is 0 Å². The van der Waals surface area contributed by atoms with Gasteiger partial charge in [-0.25, -0.2) is 0 Å². The van der Waals surface area contributed by atoms with Gasteiger partial charge in [-0.1, -0.05) is 18.2 Å². The molecule has 0 aliphatic rings. The normalized spacial score (nSPS) is 14.5. The van der Waals surface area contributed by atoms with Gasteiger partial charge in [0.1, 0.15) is 0 Å². The summed E-state index contributed by atoms with van der Waals surface area (Å²) in [4.78, 5) is 1.39. The van der Waals surface area contributed by atoms with Gasteiger partial charge >= 0.3 is 0 Å². The summed E-state index contributed by atoms with van der Waals surface area (Å²) in [5.74, 6) is 0. The average molecular weight is 357 g/mol. The van der Waals surface area contributed by atoms with Crippen molar-refractivity contribution in [2.45, 2.75) is 25.9 Å². The standard InChI is InChI=1S/C14H16INS/c1-10(12-5-7-13(15)8-6-12)16-11(2)14-4-3-9-17-14/h3-11,16H,1-2H3. The average Bonchev–Trinajstić information content (AvgIpc) is 2.83. The van der Waals surface area contributed by atoms with Gasteiger partial charge in [0.2, 0.25) is 0 Å². The molecule has 2 aromatic rings. The van der Waals surface area contributed by atoms with Crippen molar-refractivity contribution < 1.29 is 0 Å². The SMILES string of the molecule is CC(NC(C)c1cccs1)c1ccc(I)cc1. The number of halogens is 1. The highest BCUT2D eigenvalue weighted by molar-refractivity contribution is 14.1. The fourth-order valence-corrected chi connectivity index (χ4v) is 2.95. The van der Waals surface area contributed by atoms with Crippen molar-refractivity contribution in [3.63, 3.8) is 0 Å². The largest absolute Gasteiger partial charge is 0.303 e. The highest BCUT2D eigenvalue weighted by Gasteiger charge is 2.11. The van der Waals surface area contributed by atoms with Gasteiger partial charge in [0.25, 0.3) is 0 Å². The number of rotatable bonds is 4. The predicted molar refractivity (Wildman–Crippen MR) is 83.4 cm³/mol. The summed E-state index contributed by atoms with van der Waals surface area (Å²) >= 11 is 4.14. The molecule has 2 rings (SSSR count). The lowest BCUT2D eigenvalue weighted by molar-refractivity contribution is 0.500. The van der Waals surface area contributed by atoms with Crippen LogP contribution < -0.4 is 5.32 Å². The second-order valence-electron chi connectivity index (χ2n) is 4.18. The maximum atomic E-state index is 3.63. The maximum Gasteiger partial charge on any atom is 0.0391 e. The first-order chi connectivity index (χ1) is 8.16. The van der Waals surface area contributed by atoms with Crippen LogP contribution in [0, 0.1) is 3.57 Å². The molecule has 0 aliphatic carbocycles. The number of hydrogen-bond acceptors (Lipinski definition) is 2. The molecule has 0 radical (unpaired) electrons. The molecule has 0 spiro atoms. The molecule has 0 amide bonds. The Morgan fingerprint density at radius 1 is 1.06 bits per heavy atom. The van der Waals surface area contributed by atoms with Crippen LogP contribution in [0.1, 0.15) is 36.4 Å². The van der Waals surface area contributed by atoms with Crippen molar-refractivity contribution in [1.82, 2.24) is 5.32 Å². The Balaban J connectivity index is 2.01. The first kappa shape index (κ1) is 13.1. The molecule has 2 atom stereocenters. The Morgan fingerprint density at radius 3 is 2.35 bits per heavy atom. The third kappa shape index (κ3) is 3.53. The van der Waals surface area contributed by atoms with E-state index in [0.717, 1.165) is 0 Å². The topological polar surface area (TPSA) is 12.0 Å². The van der Waals surface area contributed by atoms with E-state index in [1.54, 1.807) is 11.3 Å². The second-order valence-corrected chi connectivity index (χ2v) is 6.40. The monoisotopic (exact) mass is 357 g/mol. The molecule has 1 aromatic heterocycles. The molecule has 90 valence electrons. The predicted octanol–water partition coefficient (Wildman–Crippen LogP) is 4.76. The molecule has 0 saturated carbocycles. The molecule has 1 nitrogen and oxygen atoms in total. The van der Waals surface area contributed by atoms with Gasteiger partial charge in [-0.05, 0) is 65.6 Å². The van der Waals surface area contributed by atoms with E-state index in [2.05, 4.69) is 83.5 Å². The summed E-state index contributed by atoms with van der Waals surface area (Å²) in [6.45, 7) is 4.43. The third-order valence-electron chi connectivity index (χ3n) is 2.84. The second kappa shape index (κ2) is 5.98. The molecular formula is C14H16INS. The zero-order valence-corrected chi connectivity index (χ0v) is 13.0. The van der Waals surface area contributed by atoms with Crippen LogP contribution >= 0.6 is 33.9 Å². The Bertz CT molecular complexity index is 450. The fourth-order valence-electron chi connectivity index (χ4n) is 1.84. The van der Waals surface area contributed by atoms with Crippen molar-refractivity contribution in [1.29, 1.82) is 0 Å². The zero-order valence-electron chi connectivity index (χ0n) is 9.98. The van der Waals surface area contributed by atoms with Crippen LogP contribution in [-0.4, -0.2) is 0 Å². The van der Waals surface area contributed by atoms with Crippen molar-refractivity contribution >= 4 is 33.9 Å². The molecule has 1 N–H and O–H groups in total. The maximum absolute atomic E-state index is 3.63. The Kier molecular flexibility index (Phi) is 4.59. The van der Waals surface area contributed by atoms with E-state index < -0.39 is 0 Å². The minimum atomic E-state index is 0.379. The van der Waals surface area contributed by atoms with Gasteiger partial charge in [0.15, 0.2) is 0 Å². The van der Waals surface area contributed by atoms with E-state index in [9.17, 15) is 0 Å². The number of hydrogen-bond donors (Lipinski definition) is 1. The first-order valence-electron chi connectivity index (χ1n) is 5.71. The lowest BCUT2D eigenvalue weighted by atomic mass is 10.1. The molecule has 0 aliphatic heterocycles. The molecule has 1 aromatic carbocycles. The van der Waals surface area contributed by atoms with Crippen LogP contribution in [0.2, 0.25) is 0 Å². The molecule has 0 bridgehead atoms. The van der Waals surface area contributed by atoms with Crippen molar-refractivity contribution in [3.8, 4) is 0 Å². The van der Waals surface area contributed by atoms with Gasteiger partial charge in [-0.2, -0.15) is 0 Å².